The van der Waals surface area contributed by atoms with E-state index in [0.717, 1.165) is 18.9 Å². The van der Waals surface area contributed by atoms with Gasteiger partial charge in [0.2, 0.25) is 5.43 Å². The van der Waals surface area contributed by atoms with Gasteiger partial charge < -0.3 is 34.6 Å². The van der Waals surface area contributed by atoms with Crippen molar-refractivity contribution in [3.8, 4) is 0 Å². The van der Waals surface area contributed by atoms with Crippen LogP contribution in [-0.4, -0.2) is 82.9 Å². The first-order chi connectivity index (χ1) is 16.7. The summed E-state index contributed by atoms with van der Waals surface area (Å²) in [5, 5.41) is 20.3. The molecule has 3 N–H and O–H groups in total. The van der Waals surface area contributed by atoms with Gasteiger partial charge in [0.25, 0.3) is 5.91 Å². The lowest BCUT2D eigenvalue weighted by Crippen LogP contribution is -2.49. The van der Waals surface area contributed by atoms with E-state index in [2.05, 4.69) is 0 Å². The number of fused-ring (bicyclic) bond motifs is 1. The first kappa shape index (κ1) is 24.1. The van der Waals surface area contributed by atoms with Gasteiger partial charge in [-0.2, -0.15) is 0 Å². The second-order valence-corrected chi connectivity index (χ2v) is 8.31. The quantitative estimate of drug-likeness (QED) is 0.361. The van der Waals surface area contributed by atoms with Crippen LogP contribution in [0.25, 0.3) is 10.9 Å². The van der Waals surface area contributed by atoms with Crippen LogP contribution < -0.4 is 15.6 Å². The van der Waals surface area contributed by atoms with Crippen molar-refractivity contribution in [3.05, 3.63) is 39.9 Å². The summed E-state index contributed by atoms with van der Waals surface area (Å²) < 4.78 is 21.6. The number of piperazine rings is 1. The Morgan fingerprint density at radius 2 is 1.89 bits per heavy atom. The Balaban J connectivity index is 1.47. The van der Waals surface area contributed by atoms with E-state index < -0.39 is 47.6 Å². The molecule has 1 saturated carbocycles. The second-order valence-electron chi connectivity index (χ2n) is 8.31. The van der Waals surface area contributed by atoms with Gasteiger partial charge in [0.05, 0.1) is 11.2 Å². The highest BCUT2D eigenvalue weighted by Crippen LogP contribution is 2.38. The normalized spacial score (nSPS) is 16.6. The number of benzene rings is 1. The van der Waals surface area contributed by atoms with Crippen LogP contribution in [0.5, 0.6) is 0 Å². The summed E-state index contributed by atoms with van der Waals surface area (Å²) >= 11 is 0. The average molecular weight is 490 g/mol. The van der Waals surface area contributed by atoms with Crippen LogP contribution >= 0.6 is 0 Å². The Labute approximate surface area is 197 Å². The lowest BCUT2D eigenvalue weighted by Gasteiger charge is -2.35. The van der Waals surface area contributed by atoms with E-state index in [1.54, 1.807) is 9.47 Å². The van der Waals surface area contributed by atoms with Crippen LogP contribution in [0.1, 0.15) is 29.2 Å². The number of anilines is 1. The largest absolute Gasteiger partial charge is 0.477 e. The van der Waals surface area contributed by atoms with Crippen molar-refractivity contribution in [1.82, 2.24) is 14.8 Å². The van der Waals surface area contributed by atoms with E-state index in [4.69, 9.17) is 9.84 Å². The molecular formula is C22H23FN4O8. The summed E-state index contributed by atoms with van der Waals surface area (Å²) in [5.41, 5.74) is -0.473. The summed E-state index contributed by atoms with van der Waals surface area (Å²) in [4.78, 5) is 61.2. The summed E-state index contributed by atoms with van der Waals surface area (Å²) in [6.07, 6.45) is 0.620. The number of aromatic carboxylic acids is 1. The minimum absolute atomic E-state index is 0.00163. The Bertz CT molecular complexity index is 1250. The number of halogens is 1. The zero-order chi connectivity index (χ0) is 25.3. The molecule has 1 aliphatic carbocycles. The Morgan fingerprint density at radius 1 is 1.20 bits per heavy atom. The molecule has 1 unspecified atom stereocenters. The molecule has 4 rings (SSSR count). The smallest absolute Gasteiger partial charge is 0.410 e. The van der Waals surface area contributed by atoms with Gasteiger partial charge in [-0.25, -0.2) is 14.0 Å². The van der Waals surface area contributed by atoms with Crippen molar-refractivity contribution in [2.24, 2.45) is 0 Å². The fourth-order valence-electron chi connectivity index (χ4n) is 4.00. The molecule has 2 fully saturated rings. The van der Waals surface area contributed by atoms with E-state index in [0.29, 0.717) is 5.52 Å². The van der Waals surface area contributed by atoms with Gasteiger partial charge in [0.1, 0.15) is 11.4 Å². The number of nitrogens with zero attached hydrogens (tertiary/aromatic N) is 3. The van der Waals surface area contributed by atoms with E-state index in [1.807, 2.05) is 5.32 Å². The van der Waals surface area contributed by atoms with E-state index in [-0.39, 0.29) is 49.6 Å². The van der Waals surface area contributed by atoms with Gasteiger partial charge in [0, 0.05) is 43.8 Å². The number of nitrogens with one attached hydrogen (secondary N) is 1. The average Bonchev–Trinajstić information content (AvgIpc) is 3.68. The number of aromatic nitrogens is 1. The van der Waals surface area contributed by atoms with Crippen LogP contribution in [0.2, 0.25) is 0 Å². The molecule has 1 aliphatic heterocycles. The lowest BCUT2D eigenvalue weighted by atomic mass is 10.1. The predicted octanol–water partition coefficient (Wildman–Crippen LogP) is 0.0658. The van der Waals surface area contributed by atoms with E-state index in [1.165, 1.54) is 17.2 Å². The van der Waals surface area contributed by atoms with Gasteiger partial charge in [-0.3, -0.25) is 14.4 Å². The number of hydrogen-bond acceptors (Lipinski definition) is 8. The molecule has 2 aliphatic rings. The molecule has 35 heavy (non-hydrogen) atoms. The number of amides is 2. The summed E-state index contributed by atoms with van der Waals surface area (Å²) in [6, 6.07) is 2.64. The molecule has 186 valence electrons. The number of aliphatic hydroxyl groups is 1. The van der Waals surface area contributed by atoms with E-state index in [9.17, 15) is 29.1 Å². The van der Waals surface area contributed by atoms with Crippen molar-refractivity contribution in [3.63, 3.8) is 0 Å². The fraction of sp³-hybridized carbons (Fsp3) is 0.409. The molecule has 13 heteroatoms. The fourth-order valence-corrected chi connectivity index (χ4v) is 4.00. The molecule has 12 nitrogen and oxygen atoms in total. The number of rotatable bonds is 7. The van der Waals surface area contributed by atoms with Gasteiger partial charge in [0.15, 0.2) is 19.1 Å². The van der Waals surface area contributed by atoms with Crippen molar-refractivity contribution in [2.75, 3.05) is 37.7 Å². The van der Waals surface area contributed by atoms with Crippen molar-refractivity contribution in [2.45, 2.75) is 25.1 Å². The number of carbonyl (C=O) groups excluding carboxylic acids is 3. The standard InChI is InChI=1S/C22H23FN4O8/c23-15-7-13-16(27(12-1-2-12)9-14(20(13)31)21(32)33)8-17(15)25-3-5-26(6-4-25)22(34)35-11-19(30)24-18(29)10-28/h7-10,12,18,29H,1-6,11H2,(H,24,30)(H,32,33). The van der Waals surface area contributed by atoms with E-state index >= 15 is 4.39 Å². The number of pyridine rings is 1. The molecule has 2 amide bonds. The molecule has 1 aromatic carbocycles. The molecule has 1 saturated heterocycles. The second kappa shape index (κ2) is 9.70. The highest BCUT2D eigenvalue weighted by atomic mass is 19.1. The highest BCUT2D eigenvalue weighted by molar-refractivity contribution is 5.93. The summed E-state index contributed by atoms with van der Waals surface area (Å²) in [7, 11) is 0. The predicted molar refractivity (Wildman–Crippen MR) is 119 cm³/mol. The van der Waals surface area contributed by atoms with Gasteiger partial charge in [-0.1, -0.05) is 0 Å². The van der Waals surface area contributed by atoms with Crippen molar-refractivity contribution < 1.29 is 38.5 Å². The zero-order valence-corrected chi connectivity index (χ0v) is 18.5. The number of carboxylic acid groups (broad SMARTS) is 1. The first-order valence-electron chi connectivity index (χ1n) is 10.9. The summed E-state index contributed by atoms with van der Waals surface area (Å²) in [6.45, 7) is 0.147. The molecule has 0 spiro atoms. The number of aldehydes is 1. The molecule has 1 aromatic heterocycles. The van der Waals surface area contributed by atoms with Gasteiger partial charge >= 0.3 is 12.1 Å². The molecule has 0 radical (unpaired) electrons. The third kappa shape index (κ3) is 5.09. The minimum Gasteiger partial charge on any atom is -0.477 e. The summed E-state index contributed by atoms with van der Waals surface area (Å²) in [5.74, 6) is -2.89. The Hall–Kier alpha value is -4.00. The van der Waals surface area contributed by atoms with Crippen LogP contribution in [0.15, 0.2) is 23.1 Å². The molecular weight excluding hydrogens is 467 g/mol. The third-order valence-corrected chi connectivity index (χ3v) is 5.91. The monoisotopic (exact) mass is 490 g/mol. The van der Waals surface area contributed by atoms with Gasteiger partial charge in [-0.05, 0) is 25.0 Å². The molecule has 1 atom stereocenters. The third-order valence-electron chi connectivity index (χ3n) is 5.91. The minimum atomic E-state index is -1.69. The maximum atomic E-state index is 15.0. The van der Waals surface area contributed by atoms with Crippen LogP contribution in [0.4, 0.5) is 14.9 Å². The molecule has 2 heterocycles. The van der Waals surface area contributed by atoms with Crippen LogP contribution in [-0.2, 0) is 14.3 Å². The number of carboxylic acids is 1. The SMILES string of the molecule is O=CC(O)NC(=O)COC(=O)N1CCN(c2cc3c(cc2F)c(=O)c(C(=O)O)cn3C2CC2)CC1. The first-order valence-corrected chi connectivity index (χ1v) is 10.9. The number of hydrogen-bond donors (Lipinski definition) is 3. The highest BCUT2D eigenvalue weighted by Gasteiger charge is 2.29. The van der Waals surface area contributed by atoms with Crippen LogP contribution in [0, 0.1) is 5.82 Å². The van der Waals surface area contributed by atoms with Crippen molar-refractivity contribution in [1.29, 1.82) is 0 Å². The topological polar surface area (TPSA) is 158 Å². The molecule has 2 aromatic rings. The Morgan fingerprint density at radius 3 is 2.49 bits per heavy atom. The Kier molecular flexibility index (Phi) is 6.69. The zero-order valence-electron chi connectivity index (χ0n) is 18.5. The molecule has 0 bridgehead atoms. The lowest BCUT2D eigenvalue weighted by molar-refractivity contribution is -0.131. The van der Waals surface area contributed by atoms with Crippen molar-refractivity contribution >= 4 is 40.8 Å². The van der Waals surface area contributed by atoms with Crippen LogP contribution in [0.3, 0.4) is 0 Å². The maximum Gasteiger partial charge on any atom is 0.410 e. The number of ether oxygens (including phenoxy) is 1. The van der Waals surface area contributed by atoms with Gasteiger partial charge in [-0.15, -0.1) is 0 Å². The number of carbonyl (C=O) groups is 4. The number of aliphatic hydroxyl groups excluding tert-OH is 1. The maximum absolute atomic E-state index is 15.0.